The van der Waals surface area contributed by atoms with Crippen LogP contribution in [0.25, 0.3) is 0 Å². The van der Waals surface area contributed by atoms with E-state index < -0.39 is 15.9 Å². The van der Waals surface area contributed by atoms with Gasteiger partial charge < -0.3 is 14.8 Å². The van der Waals surface area contributed by atoms with Crippen LogP contribution in [-0.2, 0) is 10.0 Å². The Labute approximate surface area is 197 Å². The van der Waals surface area contributed by atoms with Gasteiger partial charge in [0.05, 0.1) is 28.9 Å². The highest BCUT2D eigenvalue weighted by atomic mass is 35.5. The average Bonchev–Trinajstić information content (AvgIpc) is 3.17. The number of nitrogens with one attached hydrogen (secondary N) is 1. The molecule has 172 valence electrons. The Kier molecular flexibility index (Phi) is 7.14. The second-order valence-electron chi connectivity index (χ2n) is 7.75. The lowest BCUT2D eigenvalue weighted by Gasteiger charge is -2.21. The van der Waals surface area contributed by atoms with Crippen molar-refractivity contribution in [2.75, 3.05) is 31.6 Å². The number of carbonyl (C=O) groups excluding carboxylic acids is 1. The monoisotopic (exact) mass is 498 g/mol. The average molecular weight is 499 g/mol. The van der Waals surface area contributed by atoms with E-state index in [1.54, 1.807) is 12.1 Å². The van der Waals surface area contributed by atoms with Crippen LogP contribution in [0.2, 0.25) is 10.0 Å². The third kappa shape index (κ3) is 4.98. The number of anilines is 1. The van der Waals surface area contributed by atoms with Crippen molar-refractivity contribution >= 4 is 44.8 Å². The Morgan fingerprint density at radius 2 is 1.53 bits per heavy atom. The molecule has 0 spiro atoms. The number of halogens is 2. The highest BCUT2D eigenvalue weighted by Gasteiger charge is 2.28. The van der Waals surface area contributed by atoms with Gasteiger partial charge in [0.1, 0.15) is 4.90 Å². The molecule has 7 nitrogen and oxygen atoms in total. The van der Waals surface area contributed by atoms with Gasteiger partial charge in [0.15, 0.2) is 11.5 Å². The Bertz CT molecular complexity index is 1120. The molecular formula is C22H24Cl2N2O5S. The van der Waals surface area contributed by atoms with Crippen LogP contribution in [0.5, 0.6) is 11.5 Å². The van der Waals surface area contributed by atoms with Crippen LogP contribution in [-0.4, -0.2) is 44.9 Å². The Balaban J connectivity index is 1.60. The van der Waals surface area contributed by atoms with Crippen molar-refractivity contribution in [2.24, 2.45) is 0 Å². The fraction of sp³-hybridized carbons (Fsp3) is 0.409. The number of ether oxygens (including phenoxy) is 2. The van der Waals surface area contributed by atoms with Crippen molar-refractivity contribution in [2.45, 2.75) is 37.0 Å². The van der Waals surface area contributed by atoms with E-state index in [-0.39, 0.29) is 20.5 Å². The second-order valence-corrected chi connectivity index (χ2v) is 10.5. The van der Waals surface area contributed by atoms with Crippen LogP contribution in [0, 0.1) is 0 Å². The first-order chi connectivity index (χ1) is 15.4. The summed E-state index contributed by atoms with van der Waals surface area (Å²) in [7, 11) is -3.81. The molecule has 2 aromatic rings. The molecule has 0 bridgehead atoms. The van der Waals surface area contributed by atoms with Gasteiger partial charge in [0.25, 0.3) is 5.91 Å². The van der Waals surface area contributed by atoms with Gasteiger partial charge in [-0.15, -0.1) is 0 Å². The first kappa shape index (κ1) is 23.2. The van der Waals surface area contributed by atoms with Gasteiger partial charge in [0, 0.05) is 37.2 Å². The molecule has 32 heavy (non-hydrogen) atoms. The van der Waals surface area contributed by atoms with Gasteiger partial charge in [-0.25, -0.2) is 8.42 Å². The minimum Gasteiger partial charge on any atom is -0.490 e. The van der Waals surface area contributed by atoms with Crippen molar-refractivity contribution in [1.29, 1.82) is 0 Å². The number of carbonyl (C=O) groups is 1. The zero-order valence-corrected chi connectivity index (χ0v) is 19.7. The summed E-state index contributed by atoms with van der Waals surface area (Å²) in [6, 6.07) is 7.42. The molecule has 0 aliphatic carbocycles. The van der Waals surface area contributed by atoms with Gasteiger partial charge in [-0.1, -0.05) is 36.0 Å². The second kappa shape index (κ2) is 9.87. The van der Waals surface area contributed by atoms with E-state index in [2.05, 4.69) is 5.32 Å². The summed E-state index contributed by atoms with van der Waals surface area (Å²) in [4.78, 5) is 12.9. The lowest BCUT2D eigenvalue weighted by molar-refractivity contribution is 0.102. The van der Waals surface area contributed by atoms with Crippen LogP contribution < -0.4 is 14.8 Å². The summed E-state index contributed by atoms with van der Waals surface area (Å²) >= 11 is 12.6. The van der Waals surface area contributed by atoms with Gasteiger partial charge in [-0.3, -0.25) is 4.79 Å². The molecule has 0 unspecified atom stereocenters. The number of hydrogen-bond acceptors (Lipinski definition) is 5. The number of benzene rings is 2. The van der Waals surface area contributed by atoms with E-state index in [1.807, 2.05) is 0 Å². The largest absolute Gasteiger partial charge is 0.490 e. The SMILES string of the molecule is O=C(Nc1cc2c(cc1Cl)OCCCO2)c1ccc(Cl)c(S(=O)(=O)N2CCCCCC2)c1. The molecule has 1 amide bonds. The van der Waals surface area contributed by atoms with Gasteiger partial charge >= 0.3 is 0 Å². The zero-order chi connectivity index (χ0) is 22.7. The van der Waals surface area contributed by atoms with Crippen LogP contribution in [0.4, 0.5) is 5.69 Å². The number of sulfonamides is 1. The van der Waals surface area contributed by atoms with Gasteiger partial charge in [-0.05, 0) is 31.0 Å². The zero-order valence-electron chi connectivity index (χ0n) is 17.4. The molecule has 2 aromatic carbocycles. The highest BCUT2D eigenvalue weighted by Crippen LogP contribution is 2.38. The maximum atomic E-state index is 13.2. The van der Waals surface area contributed by atoms with Crippen molar-refractivity contribution in [3.63, 3.8) is 0 Å². The number of amides is 1. The third-order valence-corrected chi connectivity index (χ3v) is 8.15. The molecular weight excluding hydrogens is 475 g/mol. The lowest BCUT2D eigenvalue weighted by atomic mass is 10.2. The van der Waals surface area contributed by atoms with Crippen molar-refractivity contribution in [3.8, 4) is 11.5 Å². The van der Waals surface area contributed by atoms with E-state index in [9.17, 15) is 13.2 Å². The van der Waals surface area contributed by atoms with Crippen LogP contribution >= 0.6 is 23.2 Å². The number of nitrogens with zero attached hydrogens (tertiary/aromatic N) is 1. The molecule has 0 radical (unpaired) electrons. The molecule has 1 fully saturated rings. The van der Waals surface area contributed by atoms with E-state index in [0.29, 0.717) is 43.5 Å². The van der Waals surface area contributed by atoms with Crippen LogP contribution in [0.3, 0.4) is 0 Å². The summed E-state index contributed by atoms with van der Waals surface area (Å²) in [6.45, 7) is 1.91. The predicted molar refractivity (Wildman–Crippen MR) is 124 cm³/mol. The van der Waals surface area contributed by atoms with Crippen molar-refractivity contribution in [3.05, 3.63) is 45.9 Å². The number of rotatable bonds is 4. The standard InChI is InChI=1S/C22H24Cl2N2O5S/c23-16-7-6-15(12-21(16)32(28,29)26-8-3-1-2-4-9-26)22(27)25-18-14-20-19(13-17(18)24)30-10-5-11-31-20/h6-7,12-14H,1-5,8-11H2,(H,25,27). The molecule has 2 aliphatic rings. The Morgan fingerprint density at radius 1 is 0.875 bits per heavy atom. The fourth-order valence-corrected chi connectivity index (χ4v) is 5.96. The molecule has 2 heterocycles. The maximum Gasteiger partial charge on any atom is 0.255 e. The quantitative estimate of drug-likeness (QED) is 0.642. The molecule has 1 N–H and O–H groups in total. The summed E-state index contributed by atoms with van der Waals surface area (Å²) in [5.74, 6) is 0.496. The topological polar surface area (TPSA) is 84.9 Å². The van der Waals surface area contributed by atoms with Crippen LogP contribution in [0.1, 0.15) is 42.5 Å². The van der Waals surface area contributed by atoms with Crippen molar-refractivity contribution in [1.82, 2.24) is 4.31 Å². The third-order valence-electron chi connectivity index (χ3n) is 5.46. The van der Waals surface area contributed by atoms with E-state index in [1.165, 1.54) is 22.5 Å². The van der Waals surface area contributed by atoms with Crippen molar-refractivity contribution < 1.29 is 22.7 Å². The Morgan fingerprint density at radius 3 is 2.22 bits per heavy atom. The summed E-state index contributed by atoms with van der Waals surface area (Å²) in [6.07, 6.45) is 4.35. The van der Waals surface area contributed by atoms with E-state index in [0.717, 1.165) is 32.1 Å². The van der Waals surface area contributed by atoms with E-state index in [4.69, 9.17) is 32.7 Å². The predicted octanol–water partition coefficient (Wildman–Crippen LogP) is 4.97. The molecule has 0 saturated carbocycles. The Hall–Kier alpha value is -2.00. The maximum absolute atomic E-state index is 13.2. The molecule has 4 rings (SSSR count). The molecule has 0 atom stereocenters. The summed E-state index contributed by atoms with van der Waals surface area (Å²) in [5, 5.41) is 3.10. The highest BCUT2D eigenvalue weighted by molar-refractivity contribution is 7.89. The van der Waals surface area contributed by atoms with E-state index >= 15 is 0 Å². The van der Waals surface area contributed by atoms with Gasteiger partial charge in [-0.2, -0.15) is 4.31 Å². The lowest BCUT2D eigenvalue weighted by Crippen LogP contribution is -2.32. The number of fused-ring (bicyclic) bond motifs is 1. The number of hydrogen-bond donors (Lipinski definition) is 1. The summed E-state index contributed by atoms with van der Waals surface area (Å²) < 4.78 is 39.1. The molecule has 10 heteroatoms. The minimum atomic E-state index is -3.81. The first-order valence-electron chi connectivity index (χ1n) is 10.6. The summed E-state index contributed by atoms with van der Waals surface area (Å²) in [5.41, 5.74) is 0.499. The molecule has 1 saturated heterocycles. The first-order valence-corrected chi connectivity index (χ1v) is 12.8. The van der Waals surface area contributed by atoms with Gasteiger partial charge in [0.2, 0.25) is 10.0 Å². The minimum absolute atomic E-state index is 0.0709. The van der Waals surface area contributed by atoms with Crippen LogP contribution in [0.15, 0.2) is 35.2 Å². The normalized spacial score (nSPS) is 17.3. The fourth-order valence-electron chi connectivity index (χ4n) is 3.74. The molecule has 0 aromatic heterocycles. The molecule has 2 aliphatic heterocycles. The smallest absolute Gasteiger partial charge is 0.255 e.